The van der Waals surface area contributed by atoms with Crippen LogP contribution in [0.2, 0.25) is 0 Å². The van der Waals surface area contributed by atoms with Crippen LogP contribution in [0.3, 0.4) is 0 Å². The van der Waals surface area contributed by atoms with Crippen LogP contribution in [0, 0.1) is 5.41 Å². The van der Waals surface area contributed by atoms with Crippen molar-refractivity contribution in [3.05, 3.63) is 35.9 Å². The van der Waals surface area contributed by atoms with Crippen LogP contribution in [0.5, 0.6) is 0 Å². The number of benzene rings is 1. The molecule has 6 heteroatoms. The fourth-order valence-electron chi connectivity index (χ4n) is 3.19. The van der Waals surface area contributed by atoms with E-state index in [0.717, 1.165) is 19.3 Å². The molecule has 0 saturated heterocycles. The third-order valence-corrected chi connectivity index (χ3v) is 4.79. The Kier molecular flexibility index (Phi) is 6.98. The van der Waals surface area contributed by atoms with Gasteiger partial charge in [-0.05, 0) is 31.4 Å². The smallest absolute Gasteiger partial charge is 0.311 e. The number of hydrogen-bond acceptors (Lipinski definition) is 3. The van der Waals surface area contributed by atoms with Gasteiger partial charge < -0.3 is 15.7 Å². The number of amides is 2. The Morgan fingerprint density at radius 2 is 1.68 bits per heavy atom. The van der Waals surface area contributed by atoms with Crippen molar-refractivity contribution in [1.29, 1.82) is 0 Å². The van der Waals surface area contributed by atoms with Crippen molar-refractivity contribution >= 4 is 17.8 Å². The van der Waals surface area contributed by atoms with Crippen molar-refractivity contribution in [2.45, 2.75) is 44.9 Å². The Hall–Kier alpha value is -2.37. The number of carbonyl (C=O) groups excluding carboxylic acids is 2. The van der Waals surface area contributed by atoms with E-state index in [-0.39, 0.29) is 24.8 Å². The zero-order chi connectivity index (χ0) is 18.1. The van der Waals surface area contributed by atoms with Gasteiger partial charge >= 0.3 is 5.97 Å². The average molecular weight is 346 g/mol. The third kappa shape index (κ3) is 5.59. The van der Waals surface area contributed by atoms with Crippen LogP contribution in [-0.2, 0) is 9.59 Å². The van der Waals surface area contributed by atoms with E-state index in [1.807, 2.05) is 6.07 Å². The molecule has 0 bridgehead atoms. The molecule has 0 heterocycles. The highest BCUT2D eigenvalue weighted by Gasteiger charge is 2.39. The molecule has 0 radical (unpaired) electrons. The molecular formula is C19H26N2O4. The number of aliphatic carboxylic acids is 1. The van der Waals surface area contributed by atoms with Crippen molar-refractivity contribution < 1.29 is 19.5 Å². The van der Waals surface area contributed by atoms with Crippen molar-refractivity contribution in [2.24, 2.45) is 5.41 Å². The second-order valence-electron chi connectivity index (χ2n) is 6.65. The fraction of sp³-hybridized carbons (Fsp3) is 0.526. The highest BCUT2D eigenvalue weighted by atomic mass is 16.4. The predicted molar refractivity (Wildman–Crippen MR) is 94.2 cm³/mol. The van der Waals surface area contributed by atoms with Gasteiger partial charge in [-0.3, -0.25) is 14.4 Å². The van der Waals surface area contributed by atoms with Crippen LogP contribution in [0.25, 0.3) is 0 Å². The van der Waals surface area contributed by atoms with Gasteiger partial charge in [0.25, 0.3) is 5.91 Å². The van der Waals surface area contributed by atoms with Crippen molar-refractivity contribution in [3.63, 3.8) is 0 Å². The molecule has 6 nitrogen and oxygen atoms in total. The highest BCUT2D eigenvalue weighted by molar-refractivity contribution is 5.94. The molecule has 0 spiro atoms. The van der Waals surface area contributed by atoms with Gasteiger partial charge in [-0.2, -0.15) is 0 Å². The van der Waals surface area contributed by atoms with Gasteiger partial charge in [0.2, 0.25) is 5.91 Å². The van der Waals surface area contributed by atoms with Gasteiger partial charge in [0.1, 0.15) is 0 Å². The second-order valence-corrected chi connectivity index (χ2v) is 6.65. The van der Waals surface area contributed by atoms with Crippen LogP contribution in [0.4, 0.5) is 0 Å². The lowest BCUT2D eigenvalue weighted by Gasteiger charge is -2.33. The first-order chi connectivity index (χ1) is 12.0. The van der Waals surface area contributed by atoms with Gasteiger partial charge in [-0.1, -0.05) is 37.5 Å². The van der Waals surface area contributed by atoms with Crippen molar-refractivity contribution in [3.8, 4) is 0 Å². The van der Waals surface area contributed by atoms with E-state index in [0.29, 0.717) is 31.4 Å². The van der Waals surface area contributed by atoms with E-state index in [1.54, 1.807) is 24.3 Å². The summed E-state index contributed by atoms with van der Waals surface area (Å²) < 4.78 is 0. The van der Waals surface area contributed by atoms with Crippen molar-refractivity contribution in [2.75, 3.05) is 13.1 Å². The molecule has 2 amide bonds. The summed E-state index contributed by atoms with van der Waals surface area (Å²) in [5.74, 6) is -1.14. The Morgan fingerprint density at radius 1 is 1.00 bits per heavy atom. The number of rotatable bonds is 8. The summed E-state index contributed by atoms with van der Waals surface area (Å²) in [5.41, 5.74) is -0.220. The van der Waals surface area contributed by atoms with Crippen LogP contribution < -0.4 is 10.6 Å². The molecule has 0 aliphatic heterocycles. The van der Waals surface area contributed by atoms with E-state index >= 15 is 0 Å². The summed E-state index contributed by atoms with van der Waals surface area (Å²) in [6.45, 7) is 0.600. The Labute approximate surface area is 148 Å². The van der Waals surface area contributed by atoms with Crippen LogP contribution in [0.1, 0.15) is 55.3 Å². The lowest BCUT2D eigenvalue weighted by Crippen LogP contribution is -2.44. The Balaban J connectivity index is 1.67. The molecular weight excluding hydrogens is 320 g/mol. The SMILES string of the molecule is O=C(CCCNC(=O)c1ccccc1)NCC1(C(=O)O)CCCCC1. The van der Waals surface area contributed by atoms with E-state index in [1.165, 1.54) is 0 Å². The minimum atomic E-state index is -0.817. The zero-order valence-corrected chi connectivity index (χ0v) is 14.4. The first-order valence-electron chi connectivity index (χ1n) is 8.87. The second kappa shape index (κ2) is 9.20. The maximum atomic E-state index is 11.9. The van der Waals surface area contributed by atoms with Crippen molar-refractivity contribution in [1.82, 2.24) is 10.6 Å². The molecule has 3 N–H and O–H groups in total. The molecule has 0 unspecified atom stereocenters. The van der Waals surface area contributed by atoms with Crippen LogP contribution >= 0.6 is 0 Å². The largest absolute Gasteiger partial charge is 0.481 e. The molecule has 1 aliphatic carbocycles. The average Bonchev–Trinajstić information content (AvgIpc) is 2.64. The monoisotopic (exact) mass is 346 g/mol. The standard InChI is InChI=1S/C19H26N2O4/c22-16(21-14-19(18(24)25)11-5-2-6-12-19)10-7-13-20-17(23)15-8-3-1-4-9-15/h1,3-4,8-9H,2,5-7,10-14H2,(H,20,23)(H,21,22)(H,24,25). The zero-order valence-electron chi connectivity index (χ0n) is 14.4. The summed E-state index contributed by atoms with van der Waals surface area (Å²) in [5, 5.41) is 15.0. The Bertz CT molecular complexity index is 595. The lowest BCUT2D eigenvalue weighted by atomic mass is 9.74. The first kappa shape index (κ1) is 19.0. The molecule has 1 aliphatic rings. The van der Waals surface area contributed by atoms with Gasteiger partial charge in [-0.15, -0.1) is 0 Å². The quantitative estimate of drug-likeness (QED) is 0.630. The summed E-state index contributed by atoms with van der Waals surface area (Å²) in [6.07, 6.45) is 4.88. The first-order valence-corrected chi connectivity index (χ1v) is 8.87. The van der Waals surface area contributed by atoms with Gasteiger partial charge in [0.05, 0.1) is 5.41 Å². The van der Waals surface area contributed by atoms with Gasteiger partial charge in [0, 0.05) is 25.1 Å². The number of carboxylic acids is 1. The fourth-order valence-corrected chi connectivity index (χ4v) is 3.19. The molecule has 1 saturated carbocycles. The number of hydrogen-bond donors (Lipinski definition) is 3. The lowest BCUT2D eigenvalue weighted by molar-refractivity contribution is -0.151. The van der Waals surface area contributed by atoms with Gasteiger partial charge in [-0.25, -0.2) is 0 Å². The molecule has 0 atom stereocenters. The predicted octanol–water partition coefficient (Wildman–Crippen LogP) is 2.35. The molecule has 136 valence electrons. The van der Waals surface area contributed by atoms with E-state index < -0.39 is 11.4 Å². The molecule has 2 rings (SSSR count). The molecule has 1 aromatic rings. The maximum absolute atomic E-state index is 11.9. The molecule has 1 aromatic carbocycles. The van der Waals surface area contributed by atoms with E-state index in [9.17, 15) is 19.5 Å². The number of carbonyl (C=O) groups is 3. The van der Waals surface area contributed by atoms with E-state index in [4.69, 9.17) is 0 Å². The van der Waals surface area contributed by atoms with Crippen LogP contribution in [-0.4, -0.2) is 36.0 Å². The summed E-state index contributed by atoms with van der Waals surface area (Å²) in [6, 6.07) is 8.91. The number of nitrogens with one attached hydrogen (secondary N) is 2. The summed E-state index contributed by atoms with van der Waals surface area (Å²) in [7, 11) is 0. The molecule has 1 fully saturated rings. The molecule has 25 heavy (non-hydrogen) atoms. The normalized spacial score (nSPS) is 16.0. The Morgan fingerprint density at radius 3 is 2.32 bits per heavy atom. The van der Waals surface area contributed by atoms with E-state index in [2.05, 4.69) is 10.6 Å². The maximum Gasteiger partial charge on any atom is 0.311 e. The molecule has 0 aromatic heterocycles. The third-order valence-electron chi connectivity index (χ3n) is 4.79. The van der Waals surface area contributed by atoms with Crippen LogP contribution in [0.15, 0.2) is 30.3 Å². The topological polar surface area (TPSA) is 95.5 Å². The van der Waals surface area contributed by atoms with Gasteiger partial charge in [0.15, 0.2) is 0 Å². The number of carboxylic acid groups (broad SMARTS) is 1. The summed E-state index contributed by atoms with van der Waals surface area (Å²) in [4.78, 5) is 35.4. The highest BCUT2D eigenvalue weighted by Crippen LogP contribution is 2.35. The summed E-state index contributed by atoms with van der Waals surface area (Å²) >= 11 is 0. The minimum Gasteiger partial charge on any atom is -0.481 e. The minimum absolute atomic E-state index is 0.159.